The third kappa shape index (κ3) is 3.28. The highest BCUT2D eigenvalue weighted by Crippen LogP contribution is 2.42. The average Bonchev–Trinajstić information content (AvgIpc) is 2.61. The number of carbonyl (C=O) groups excluding carboxylic acids is 1. The van der Waals surface area contributed by atoms with E-state index in [0.29, 0.717) is 6.07 Å². The Hall–Kier alpha value is -3.20. The number of halogens is 2. The van der Waals surface area contributed by atoms with Gasteiger partial charge in [-0.3, -0.25) is 4.79 Å². The van der Waals surface area contributed by atoms with Gasteiger partial charge in [0.05, 0.1) is 12.5 Å². The van der Waals surface area contributed by atoms with Gasteiger partial charge in [-0.25, -0.2) is 13.6 Å². The Morgan fingerprint density at radius 3 is 2.70 bits per heavy atom. The van der Waals surface area contributed by atoms with Crippen LogP contribution >= 0.6 is 0 Å². The highest BCUT2D eigenvalue weighted by Gasteiger charge is 2.40. The number of hydrogen-bond donors (Lipinski definition) is 2. The molecule has 7 nitrogen and oxygen atoms in total. The number of fused-ring (bicyclic) bond motifs is 1. The molecule has 3 rings (SSSR count). The van der Waals surface area contributed by atoms with Gasteiger partial charge >= 0.3 is 5.97 Å². The van der Waals surface area contributed by atoms with E-state index in [9.17, 15) is 23.5 Å². The summed E-state index contributed by atoms with van der Waals surface area (Å²) < 4.78 is 43.5. The summed E-state index contributed by atoms with van der Waals surface area (Å²) in [5.41, 5.74) is 4.65. The normalized spacial score (nSPS) is 15.9. The van der Waals surface area contributed by atoms with Gasteiger partial charge in [-0.2, -0.15) is 0 Å². The molecular formula is C18H15F2NO6. The van der Waals surface area contributed by atoms with Crippen LogP contribution in [0.2, 0.25) is 0 Å². The minimum atomic E-state index is -1.33. The Morgan fingerprint density at radius 1 is 1.33 bits per heavy atom. The van der Waals surface area contributed by atoms with Gasteiger partial charge in [-0.1, -0.05) is 6.07 Å². The van der Waals surface area contributed by atoms with E-state index in [2.05, 4.69) is 0 Å². The van der Waals surface area contributed by atoms with Crippen molar-refractivity contribution in [2.75, 3.05) is 6.61 Å². The molecule has 0 saturated heterocycles. The van der Waals surface area contributed by atoms with E-state index in [1.807, 2.05) is 0 Å². The van der Waals surface area contributed by atoms with Crippen LogP contribution in [0.4, 0.5) is 8.78 Å². The zero-order chi connectivity index (χ0) is 19.7. The lowest BCUT2D eigenvalue weighted by Gasteiger charge is -2.27. The largest absolute Gasteiger partial charge is 0.462 e. The smallest absolute Gasteiger partial charge is 0.340 e. The topological polar surface area (TPSA) is 112 Å². The maximum Gasteiger partial charge on any atom is 0.340 e. The van der Waals surface area contributed by atoms with Crippen molar-refractivity contribution < 1.29 is 32.6 Å². The summed E-state index contributed by atoms with van der Waals surface area (Å²) in [5.74, 6) is -5.24. The van der Waals surface area contributed by atoms with E-state index in [4.69, 9.17) is 19.6 Å². The lowest BCUT2D eigenvalue weighted by Crippen LogP contribution is -2.30. The first-order chi connectivity index (χ1) is 12.9. The van der Waals surface area contributed by atoms with Crippen molar-refractivity contribution in [1.82, 2.24) is 0 Å². The van der Waals surface area contributed by atoms with Crippen LogP contribution in [0.15, 0.2) is 44.9 Å². The fraction of sp³-hybridized carbons (Fsp3) is 0.222. The van der Waals surface area contributed by atoms with Crippen molar-refractivity contribution in [3.05, 3.63) is 74.7 Å². The second-order valence-corrected chi connectivity index (χ2v) is 5.63. The number of rotatable bonds is 4. The Bertz CT molecular complexity index is 998. The Labute approximate surface area is 151 Å². The molecule has 2 aromatic rings. The minimum absolute atomic E-state index is 0.00170. The maximum atomic E-state index is 14.5. The molecule has 3 N–H and O–H groups in total. The molecule has 9 heteroatoms. The third-order valence-electron chi connectivity index (χ3n) is 3.93. The van der Waals surface area contributed by atoms with Gasteiger partial charge in [0.25, 0.3) is 0 Å². The van der Waals surface area contributed by atoms with Gasteiger partial charge in [-0.15, -0.1) is 0 Å². The molecule has 1 aliphatic rings. The Balaban J connectivity index is 2.31. The van der Waals surface area contributed by atoms with Crippen molar-refractivity contribution in [2.24, 2.45) is 5.73 Å². The molecule has 2 heterocycles. The van der Waals surface area contributed by atoms with Crippen LogP contribution < -0.4 is 15.9 Å². The van der Waals surface area contributed by atoms with Gasteiger partial charge in [-0.05, 0) is 13.0 Å². The summed E-state index contributed by atoms with van der Waals surface area (Å²) in [6.07, 6.45) is 0. The zero-order valence-corrected chi connectivity index (χ0v) is 14.1. The predicted octanol–water partition coefficient (Wildman–Crippen LogP) is 1.67. The van der Waals surface area contributed by atoms with Crippen LogP contribution in [0.1, 0.15) is 29.9 Å². The summed E-state index contributed by atoms with van der Waals surface area (Å²) in [6, 6.07) is 3.69. The molecule has 142 valence electrons. The quantitative estimate of drug-likeness (QED) is 0.777. The molecule has 0 unspecified atom stereocenters. The molecule has 1 aliphatic heterocycles. The fourth-order valence-electron chi connectivity index (χ4n) is 2.82. The molecule has 1 atom stereocenters. The number of aliphatic hydroxyl groups is 1. The van der Waals surface area contributed by atoms with Crippen molar-refractivity contribution in [1.29, 1.82) is 0 Å². The molecule has 0 spiro atoms. The molecule has 0 amide bonds. The first kappa shape index (κ1) is 18.6. The number of hydrogen-bond acceptors (Lipinski definition) is 7. The standard InChI is InChI=1S/C18H15F2NO6/c1-2-25-18(24)14-13(10-4-3-8(19)5-11(10)20)16-15(27-17(14)21)12(23)6-9(7-22)26-16/h3-6,13,22H,2,7,21H2,1H3/t13-/m0/s1. The highest BCUT2D eigenvalue weighted by atomic mass is 19.1. The number of aliphatic hydroxyl groups excluding tert-OH is 1. The summed E-state index contributed by atoms with van der Waals surface area (Å²) in [6.45, 7) is 0.945. The molecule has 0 aliphatic carbocycles. The number of nitrogens with two attached hydrogens (primary N) is 1. The van der Waals surface area contributed by atoms with Gasteiger partial charge in [0, 0.05) is 17.7 Å². The van der Waals surface area contributed by atoms with E-state index < -0.39 is 41.4 Å². The lowest BCUT2D eigenvalue weighted by molar-refractivity contribution is -0.139. The van der Waals surface area contributed by atoms with E-state index >= 15 is 0 Å². The first-order valence-corrected chi connectivity index (χ1v) is 7.94. The predicted molar refractivity (Wildman–Crippen MR) is 87.6 cm³/mol. The van der Waals surface area contributed by atoms with Crippen LogP contribution in [0.25, 0.3) is 0 Å². The van der Waals surface area contributed by atoms with E-state index in [1.54, 1.807) is 6.92 Å². The maximum absolute atomic E-state index is 14.5. The molecular weight excluding hydrogens is 364 g/mol. The van der Waals surface area contributed by atoms with Gasteiger partial charge in [0.15, 0.2) is 5.76 Å². The van der Waals surface area contributed by atoms with Crippen LogP contribution in [0, 0.1) is 11.6 Å². The number of carbonyl (C=O) groups is 1. The van der Waals surface area contributed by atoms with Crippen molar-refractivity contribution >= 4 is 5.97 Å². The van der Waals surface area contributed by atoms with Crippen LogP contribution in [0.5, 0.6) is 5.75 Å². The van der Waals surface area contributed by atoms with Crippen LogP contribution in [-0.2, 0) is 16.1 Å². The molecule has 0 bridgehead atoms. The molecule has 1 aromatic heterocycles. The third-order valence-corrected chi connectivity index (χ3v) is 3.93. The molecule has 27 heavy (non-hydrogen) atoms. The van der Waals surface area contributed by atoms with Gasteiger partial charge in [0.1, 0.15) is 29.6 Å². The van der Waals surface area contributed by atoms with Gasteiger partial charge in [0.2, 0.25) is 17.1 Å². The lowest BCUT2D eigenvalue weighted by atomic mass is 9.86. The molecule has 0 radical (unpaired) electrons. The fourth-order valence-corrected chi connectivity index (χ4v) is 2.82. The highest BCUT2D eigenvalue weighted by molar-refractivity contribution is 5.92. The number of esters is 1. The van der Waals surface area contributed by atoms with Crippen LogP contribution in [-0.4, -0.2) is 17.7 Å². The number of ether oxygens (including phenoxy) is 2. The van der Waals surface area contributed by atoms with Crippen LogP contribution in [0.3, 0.4) is 0 Å². The van der Waals surface area contributed by atoms with E-state index in [-0.39, 0.29) is 35.0 Å². The summed E-state index contributed by atoms with van der Waals surface area (Å²) in [7, 11) is 0. The summed E-state index contributed by atoms with van der Waals surface area (Å²) in [5, 5.41) is 9.30. The molecule has 1 aromatic carbocycles. The summed E-state index contributed by atoms with van der Waals surface area (Å²) in [4.78, 5) is 24.7. The van der Waals surface area contributed by atoms with Crippen molar-refractivity contribution in [3.63, 3.8) is 0 Å². The van der Waals surface area contributed by atoms with Gasteiger partial charge < -0.3 is 24.7 Å². The molecule has 0 fully saturated rings. The summed E-state index contributed by atoms with van der Waals surface area (Å²) >= 11 is 0. The second kappa shape index (κ2) is 7.20. The average molecular weight is 379 g/mol. The number of benzene rings is 1. The van der Waals surface area contributed by atoms with E-state index in [0.717, 1.165) is 18.2 Å². The van der Waals surface area contributed by atoms with Crippen molar-refractivity contribution in [2.45, 2.75) is 19.4 Å². The Morgan fingerprint density at radius 2 is 2.07 bits per heavy atom. The van der Waals surface area contributed by atoms with Crippen molar-refractivity contribution in [3.8, 4) is 5.75 Å². The zero-order valence-electron chi connectivity index (χ0n) is 14.1. The molecule has 0 saturated carbocycles. The Kier molecular flexibility index (Phi) is 4.95. The first-order valence-electron chi connectivity index (χ1n) is 7.94. The van der Waals surface area contributed by atoms with E-state index in [1.165, 1.54) is 0 Å². The monoisotopic (exact) mass is 379 g/mol. The second-order valence-electron chi connectivity index (χ2n) is 5.63. The SMILES string of the molecule is CCOC(=O)C1=C(N)Oc2c(oc(CO)cc2=O)[C@H]1c1ccc(F)cc1F. The minimum Gasteiger partial charge on any atom is -0.462 e.